The minimum atomic E-state index is -0.612. The van der Waals surface area contributed by atoms with E-state index in [-0.39, 0.29) is 22.3 Å². The second-order valence-electron chi connectivity index (χ2n) is 4.08. The molecular weight excluding hydrogens is 284 g/mol. The average Bonchev–Trinajstić information content (AvgIpc) is 2.41. The van der Waals surface area contributed by atoms with Crippen LogP contribution in [0.3, 0.4) is 0 Å². The third-order valence-corrected chi connectivity index (χ3v) is 2.88. The van der Waals surface area contributed by atoms with Crippen LogP contribution in [-0.4, -0.2) is 15.0 Å². The molecule has 0 fully saturated rings. The number of rotatable bonds is 4. The maximum atomic E-state index is 10.6. The number of nitro benzene ring substituents is 1. The Morgan fingerprint density at radius 1 is 1.40 bits per heavy atom. The van der Waals surface area contributed by atoms with Crippen LogP contribution < -0.4 is 4.74 Å². The number of benzene rings is 1. The van der Waals surface area contributed by atoms with Crippen LogP contribution in [0.5, 0.6) is 11.6 Å². The molecular formula is C13H11ClN2O4. The largest absolute Gasteiger partial charge is 0.437 e. The van der Waals surface area contributed by atoms with Crippen molar-refractivity contribution in [3.63, 3.8) is 0 Å². The Labute approximate surface area is 119 Å². The molecule has 2 aromatic rings. The van der Waals surface area contributed by atoms with Gasteiger partial charge in [-0.05, 0) is 24.6 Å². The van der Waals surface area contributed by atoms with Crippen molar-refractivity contribution in [3.05, 3.63) is 57.2 Å². The first kappa shape index (κ1) is 14.2. The number of nitro groups is 1. The predicted octanol–water partition coefficient (Wildman–Crippen LogP) is 3.49. The summed E-state index contributed by atoms with van der Waals surface area (Å²) >= 11 is 5.91. The molecule has 6 nitrogen and oxygen atoms in total. The highest BCUT2D eigenvalue weighted by molar-refractivity contribution is 6.32. The number of hydrogen-bond acceptors (Lipinski definition) is 5. The van der Waals surface area contributed by atoms with Crippen LogP contribution in [0.25, 0.3) is 0 Å². The summed E-state index contributed by atoms with van der Waals surface area (Å²) in [6.45, 7) is 1.63. The van der Waals surface area contributed by atoms with Gasteiger partial charge in [0.15, 0.2) is 0 Å². The predicted molar refractivity (Wildman–Crippen MR) is 73.1 cm³/mol. The topological polar surface area (TPSA) is 85.5 Å². The SMILES string of the molecule is C[C@@H](O)c1ccc(Oc2ccc([N+](=O)[O-])cc2Cl)nc1. The zero-order chi connectivity index (χ0) is 14.7. The van der Waals surface area contributed by atoms with Crippen molar-refractivity contribution < 1.29 is 14.8 Å². The first-order valence-electron chi connectivity index (χ1n) is 5.73. The van der Waals surface area contributed by atoms with Gasteiger partial charge >= 0.3 is 0 Å². The van der Waals surface area contributed by atoms with Gasteiger partial charge in [-0.1, -0.05) is 11.6 Å². The molecule has 1 aromatic heterocycles. The number of halogens is 1. The minimum Gasteiger partial charge on any atom is -0.437 e. The molecule has 1 N–H and O–H groups in total. The Morgan fingerprint density at radius 3 is 2.65 bits per heavy atom. The van der Waals surface area contributed by atoms with Crippen molar-refractivity contribution in [2.45, 2.75) is 13.0 Å². The standard InChI is InChI=1S/C13H11ClN2O4/c1-8(17)9-2-5-13(15-7-9)20-12-4-3-10(16(18)19)6-11(12)14/h2-8,17H,1H3/t8-/m1/s1. The third-order valence-electron chi connectivity index (χ3n) is 2.58. The highest BCUT2D eigenvalue weighted by atomic mass is 35.5. The number of ether oxygens (including phenoxy) is 1. The van der Waals surface area contributed by atoms with E-state index in [1.54, 1.807) is 19.1 Å². The molecule has 0 amide bonds. The van der Waals surface area contributed by atoms with Gasteiger partial charge in [0, 0.05) is 24.4 Å². The van der Waals surface area contributed by atoms with Gasteiger partial charge < -0.3 is 9.84 Å². The maximum absolute atomic E-state index is 10.6. The van der Waals surface area contributed by atoms with Gasteiger partial charge in [-0.25, -0.2) is 4.98 Å². The van der Waals surface area contributed by atoms with Crippen LogP contribution in [0, 0.1) is 10.1 Å². The van der Waals surface area contributed by atoms with Gasteiger partial charge in [0.05, 0.1) is 16.0 Å². The first-order valence-corrected chi connectivity index (χ1v) is 6.11. The number of pyridine rings is 1. The number of nitrogens with zero attached hydrogens (tertiary/aromatic N) is 2. The van der Waals surface area contributed by atoms with E-state index in [0.717, 1.165) is 0 Å². The Balaban J connectivity index is 2.19. The fourth-order valence-electron chi connectivity index (χ4n) is 1.50. The highest BCUT2D eigenvalue weighted by Crippen LogP contribution is 2.31. The van der Waals surface area contributed by atoms with Gasteiger partial charge in [0.25, 0.3) is 5.69 Å². The summed E-state index contributed by atoms with van der Waals surface area (Å²) < 4.78 is 5.43. The summed E-state index contributed by atoms with van der Waals surface area (Å²) in [5.41, 5.74) is 0.548. The normalized spacial score (nSPS) is 11.9. The van der Waals surface area contributed by atoms with Crippen molar-refractivity contribution in [2.24, 2.45) is 0 Å². The molecule has 0 bridgehead atoms. The summed E-state index contributed by atoms with van der Waals surface area (Å²) in [6.07, 6.45) is 0.874. The highest BCUT2D eigenvalue weighted by Gasteiger charge is 2.11. The summed E-state index contributed by atoms with van der Waals surface area (Å²) in [5.74, 6) is 0.555. The van der Waals surface area contributed by atoms with E-state index in [4.69, 9.17) is 16.3 Å². The van der Waals surface area contributed by atoms with Crippen molar-refractivity contribution in [2.75, 3.05) is 0 Å². The Hall–Kier alpha value is -2.18. The zero-order valence-corrected chi connectivity index (χ0v) is 11.2. The van der Waals surface area contributed by atoms with Crippen molar-refractivity contribution in [1.82, 2.24) is 4.98 Å². The lowest BCUT2D eigenvalue weighted by Gasteiger charge is -2.08. The fraction of sp³-hybridized carbons (Fsp3) is 0.154. The molecule has 0 radical (unpaired) electrons. The van der Waals surface area contributed by atoms with Crippen LogP contribution >= 0.6 is 11.6 Å². The lowest BCUT2D eigenvalue weighted by atomic mass is 10.2. The van der Waals surface area contributed by atoms with Crippen molar-refractivity contribution >= 4 is 17.3 Å². The summed E-state index contributed by atoms with van der Waals surface area (Å²) in [7, 11) is 0. The second kappa shape index (κ2) is 5.85. The van der Waals surface area contributed by atoms with Crippen LogP contribution in [0.1, 0.15) is 18.6 Å². The molecule has 0 saturated carbocycles. The van der Waals surface area contributed by atoms with Crippen LogP contribution in [-0.2, 0) is 0 Å². The molecule has 1 heterocycles. The maximum Gasteiger partial charge on any atom is 0.271 e. The summed E-state index contributed by atoms with van der Waals surface area (Å²) in [6, 6.07) is 7.17. The van der Waals surface area contributed by atoms with Gasteiger partial charge in [-0.3, -0.25) is 10.1 Å². The fourth-order valence-corrected chi connectivity index (χ4v) is 1.71. The molecule has 0 saturated heterocycles. The zero-order valence-electron chi connectivity index (χ0n) is 10.5. The molecule has 1 atom stereocenters. The molecule has 20 heavy (non-hydrogen) atoms. The summed E-state index contributed by atoms with van der Waals surface area (Å²) in [4.78, 5) is 14.1. The van der Waals surface area contributed by atoms with Gasteiger partial charge in [0.2, 0.25) is 5.88 Å². The molecule has 0 aliphatic heterocycles. The number of aliphatic hydroxyl groups excluding tert-OH is 1. The van der Waals surface area contributed by atoms with Gasteiger partial charge in [-0.2, -0.15) is 0 Å². The molecule has 0 unspecified atom stereocenters. The van der Waals surface area contributed by atoms with E-state index in [0.29, 0.717) is 5.56 Å². The van der Waals surface area contributed by atoms with E-state index < -0.39 is 11.0 Å². The van der Waals surface area contributed by atoms with E-state index in [1.807, 2.05) is 0 Å². The van der Waals surface area contributed by atoms with Crippen molar-refractivity contribution in [1.29, 1.82) is 0 Å². The molecule has 2 rings (SSSR count). The molecule has 1 aromatic carbocycles. The van der Waals surface area contributed by atoms with Gasteiger partial charge in [0.1, 0.15) is 5.75 Å². The van der Waals surface area contributed by atoms with Crippen LogP contribution in [0.15, 0.2) is 36.5 Å². The second-order valence-corrected chi connectivity index (χ2v) is 4.49. The van der Waals surface area contributed by atoms with Crippen LogP contribution in [0.4, 0.5) is 5.69 Å². The average molecular weight is 295 g/mol. The van der Waals surface area contributed by atoms with Crippen molar-refractivity contribution in [3.8, 4) is 11.6 Å². The smallest absolute Gasteiger partial charge is 0.271 e. The first-order chi connectivity index (χ1) is 9.47. The number of non-ortho nitro benzene ring substituents is 1. The molecule has 0 spiro atoms. The number of aromatic nitrogens is 1. The van der Waals surface area contributed by atoms with E-state index in [9.17, 15) is 15.2 Å². The third kappa shape index (κ3) is 3.23. The molecule has 0 aliphatic rings. The van der Waals surface area contributed by atoms with Gasteiger partial charge in [-0.15, -0.1) is 0 Å². The monoisotopic (exact) mass is 294 g/mol. The Bertz CT molecular complexity index is 629. The lowest BCUT2D eigenvalue weighted by molar-refractivity contribution is -0.384. The quantitative estimate of drug-likeness (QED) is 0.689. The minimum absolute atomic E-state index is 0.111. The molecule has 7 heteroatoms. The Morgan fingerprint density at radius 2 is 2.15 bits per heavy atom. The number of aliphatic hydroxyl groups is 1. The van der Waals surface area contributed by atoms with E-state index in [1.165, 1.54) is 24.4 Å². The van der Waals surface area contributed by atoms with Crippen LogP contribution in [0.2, 0.25) is 5.02 Å². The summed E-state index contributed by atoms with van der Waals surface area (Å²) in [5, 5.41) is 20.1. The Kier molecular flexibility index (Phi) is 4.16. The van der Waals surface area contributed by atoms with E-state index >= 15 is 0 Å². The molecule has 0 aliphatic carbocycles. The number of hydrogen-bond donors (Lipinski definition) is 1. The lowest BCUT2D eigenvalue weighted by Crippen LogP contribution is -1.94. The van der Waals surface area contributed by atoms with E-state index in [2.05, 4.69) is 4.98 Å². The molecule has 104 valence electrons.